The molecule has 0 N–H and O–H groups in total. The number of aryl methyl sites for hydroxylation is 1. The molecule has 0 spiro atoms. The van der Waals surface area contributed by atoms with Crippen LogP contribution in [0.15, 0.2) is 12.4 Å². The first-order chi connectivity index (χ1) is 6.42. The molecule has 0 amide bonds. The van der Waals surface area contributed by atoms with E-state index in [1.807, 2.05) is 17.1 Å². The molecule has 3 nitrogen and oxygen atoms in total. The van der Waals surface area contributed by atoms with Crippen molar-refractivity contribution >= 4 is 12.4 Å². The molecule has 1 heterocycles. The maximum absolute atomic E-state index is 5.83. The number of hydrogen-bond acceptors (Lipinski definition) is 2. The van der Waals surface area contributed by atoms with Gasteiger partial charge in [-0.25, -0.2) is 0 Å². The fraction of sp³-hybridized carbons (Fsp3) is 0.700. The highest BCUT2D eigenvalue weighted by atomic mass is 16.5. The first-order valence-electron chi connectivity index (χ1n) is 5.12. The van der Waals surface area contributed by atoms with Gasteiger partial charge in [0.2, 0.25) is 0 Å². The Kier molecular flexibility index (Phi) is 3.37. The van der Waals surface area contributed by atoms with E-state index in [1.54, 1.807) is 0 Å². The van der Waals surface area contributed by atoms with E-state index in [0.29, 0.717) is 0 Å². The van der Waals surface area contributed by atoms with Crippen molar-refractivity contribution in [2.24, 2.45) is 0 Å². The number of nitrogens with zero attached hydrogens (tertiary/aromatic N) is 2. The molecular weight excluding hydrogens is 175 g/mol. The fourth-order valence-corrected chi connectivity index (χ4v) is 1.36. The van der Waals surface area contributed by atoms with E-state index in [4.69, 9.17) is 4.65 Å². The normalized spacial score (nSPS) is 11.8. The third-order valence-corrected chi connectivity index (χ3v) is 1.98. The van der Waals surface area contributed by atoms with E-state index >= 15 is 0 Å². The highest BCUT2D eigenvalue weighted by Gasteiger charge is 2.21. The van der Waals surface area contributed by atoms with Crippen molar-refractivity contribution in [2.45, 2.75) is 46.7 Å². The Hall–Kier alpha value is -0.765. The Morgan fingerprint density at radius 1 is 1.50 bits per heavy atom. The Morgan fingerprint density at radius 3 is 2.57 bits per heavy atom. The Labute approximate surface area is 86.6 Å². The quantitative estimate of drug-likeness (QED) is 0.682. The van der Waals surface area contributed by atoms with E-state index in [9.17, 15) is 0 Å². The van der Waals surface area contributed by atoms with Crippen LogP contribution in [0.1, 0.15) is 27.7 Å². The lowest BCUT2D eigenvalue weighted by molar-refractivity contribution is 0.134. The van der Waals surface area contributed by atoms with Crippen molar-refractivity contribution in [3.63, 3.8) is 0 Å². The largest absolute Gasteiger partial charge is 0.427 e. The van der Waals surface area contributed by atoms with Crippen LogP contribution in [0.2, 0.25) is 6.82 Å². The van der Waals surface area contributed by atoms with Gasteiger partial charge in [0.05, 0.1) is 0 Å². The maximum Gasteiger partial charge on any atom is 0.327 e. The number of rotatable bonds is 3. The molecule has 1 aromatic rings. The van der Waals surface area contributed by atoms with Crippen LogP contribution in [-0.4, -0.2) is 22.3 Å². The lowest BCUT2D eigenvalue weighted by atomic mass is 9.64. The van der Waals surface area contributed by atoms with Gasteiger partial charge in [0.25, 0.3) is 0 Å². The van der Waals surface area contributed by atoms with Crippen molar-refractivity contribution in [1.29, 1.82) is 0 Å². The molecule has 0 saturated carbocycles. The smallest absolute Gasteiger partial charge is 0.327 e. The molecule has 78 valence electrons. The summed E-state index contributed by atoms with van der Waals surface area (Å²) < 4.78 is 7.74. The highest BCUT2D eigenvalue weighted by Crippen LogP contribution is 2.08. The van der Waals surface area contributed by atoms with Crippen LogP contribution < -0.4 is 5.46 Å². The van der Waals surface area contributed by atoms with Crippen molar-refractivity contribution in [3.05, 3.63) is 12.4 Å². The van der Waals surface area contributed by atoms with Gasteiger partial charge in [-0.1, -0.05) is 6.82 Å². The second-order valence-electron chi connectivity index (χ2n) is 4.50. The van der Waals surface area contributed by atoms with E-state index in [-0.39, 0.29) is 12.5 Å². The Balaban J connectivity index is 2.65. The fourth-order valence-electron chi connectivity index (χ4n) is 1.36. The summed E-state index contributed by atoms with van der Waals surface area (Å²) in [5.41, 5.74) is 1.04. The second-order valence-corrected chi connectivity index (χ2v) is 4.50. The molecule has 0 aliphatic heterocycles. The van der Waals surface area contributed by atoms with E-state index in [0.717, 1.165) is 12.0 Å². The van der Waals surface area contributed by atoms with Gasteiger partial charge in [0.1, 0.15) is 0 Å². The van der Waals surface area contributed by atoms with Crippen LogP contribution in [0, 0.1) is 0 Å². The summed E-state index contributed by atoms with van der Waals surface area (Å²) in [6.07, 6.45) is 3.91. The van der Waals surface area contributed by atoms with Gasteiger partial charge in [-0.3, -0.25) is 4.68 Å². The van der Waals surface area contributed by atoms with Crippen LogP contribution in [0.5, 0.6) is 0 Å². The average molecular weight is 194 g/mol. The molecule has 0 aromatic carbocycles. The van der Waals surface area contributed by atoms with Crippen LogP contribution >= 0.6 is 0 Å². The molecule has 0 fully saturated rings. The average Bonchev–Trinajstić information content (AvgIpc) is 2.48. The third kappa shape index (κ3) is 3.18. The van der Waals surface area contributed by atoms with Crippen molar-refractivity contribution in [3.8, 4) is 0 Å². The minimum atomic E-state index is -0.103. The molecule has 0 aliphatic carbocycles. The predicted molar refractivity (Wildman–Crippen MR) is 60.0 cm³/mol. The highest BCUT2D eigenvalue weighted by molar-refractivity contribution is 6.66. The minimum absolute atomic E-state index is 0.103. The molecule has 4 heteroatoms. The molecule has 0 atom stereocenters. The third-order valence-electron chi connectivity index (χ3n) is 1.98. The van der Waals surface area contributed by atoms with Crippen molar-refractivity contribution < 1.29 is 4.65 Å². The van der Waals surface area contributed by atoms with E-state index in [2.05, 4.69) is 39.6 Å². The van der Waals surface area contributed by atoms with Gasteiger partial charge in [-0.15, -0.1) is 0 Å². The lowest BCUT2D eigenvalue weighted by Crippen LogP contribution is -2.37. The first kappa shape index (κ1) is 11.3. The van der Waals surface area contributed by atoms with Gasteiger partial charge in [-0.05, 0) is 33.2 Å². The molecule has 0 radical (unpaired) electrons. The van der Waals surface area contributed by atoms with E-state index in [1.165, 1.54) is 0 Å². The van der Waals surface area contributed by atoms with Gasteiger partial charge in [0, 0.05) is 24.5 Å². The zero-order valence-corrected chi connectivity index (χ0v) is 9.74. The first-order valence-corrected chi connectivity index (χ1v) is 5.12. The monoisotopic (exact) mass is 194 g/mol. The molecule has 14 heavy (non-hydrogen) atoms. The lowest BCUT2D eigenvalue weighted by Gasteiger charge is -2.23. The zero-order chi connectivity index (χ0) is 10.8. The summed E-state index contributed by atoms with van der Waals surface area (Å²) in [7, 11) is 0. The van der Waals surface area contributed by atoms with Crippen LogP contribution in [0.3, 0.4) is 0 Å². The standard InChI is InChI=1S/C10H19BN2O/c1-6-13-8-9(7-12-13)11(5)14-10(2,3)4/h7-8H,6H2,1-5H3. The molecule has 0 aliphatic rings. The summed E-state index contributed by atoms with van der Waals surface area (Å²) >= 11 is 0. The second kappa shape index (κ2) is 4.17. The van der Waals surface area contributed by atoms with Crippen molar-refractivity contribution in [1.82, 2.24) is 9.78 Å². The molecule has 0 saturated heterocycles. The van der Waals surface area contributed by atoms with Gasteiger partial charge < -0.3 is 4.65 Å². The summed E-state index contributed by atoms with van der Waals surface area (Å²) in [5.74, 6) is 0. The van der Waals surface area contributed by atoms with Crippen LogP contribution in [-0.2, 0) is 11.2 Å². The maximum atomic E-state index is 5.83. The van der Waals surface area contributed by atoms with Gasteiger partial charge >= 0.3 is 6.92 Å². The zero-order valence-electron chi connectivity index (χ0n) is 9.74. The van der Waals surface area contributed by atoms with E-state index < -0.39 is 0 Å². The molecule has 0 bridgehead atoms. The Bertz CT molecular complexity index is 291. The molecule has 0 unspecified atom stereocenters. The number of hydrogen-bond donors (Lipinski definition) is 0. The summed E-state index contributed by atoms with van der Waals surface area (Å²) in [5, 5.41) is 4.22. The molecular formula is C10H19BN2O. The SMILES string of the molecule is CCn1cc(B(C)OC(C)(C)C)cn1. The van der Waals surface area contributed by atoms with Gasteiger partial charge in [-0.2, -0.15) is 5.10 Å². The van der Waals surface area contributed by atoms with Gasteiger partial charge in [0.15, 0.2) is 0 Å². The summed E-state index contributed by atoms with van der Waals surface area (Å²) in [4.78, 5) is 0. The van der Waals surface area contributed by atoms with Crippen LogP contribution in [0.25, 0.3) is 0 Å². The van der Waals surface area contributed by atoms with Crippen molar-refractivity contribution in [2.75, 3.05) is 0 Å². The van der Waals surface area contributed by atoms with Crippen LogP contribution in [0.4, 0.5) is 0 Å². The molecule has 1 aromatic heterocycles. The Morgan fingerprint density at radius 2 is 2.14 bits per heavy atom. The predicted octanol–water partition coefficient (Wildman–Crippen LogP) is 1.55. The minimum Gasteiger partial charge on any atom is -0.427 e. The summed E-state index contributed by atoms with van der Waals surface area (Å²) in [6, 6.07) is 0. The number of aromatic nitrogens is 2. The molecule has 1 rings (SSSR count). The summed E-state index contributed by atoms with van der Waals surface area (Å²) in [6.45, 7) is 11.3. The topological polar surface area (TPSA) is 27.1 Å².